The third kappa shape index (κ3) is 7.35. The van der Waals surface area contributed by atoms with Gasteiger partial charge in [-0.3, -0.25) is 4.90 Å². The smallest absolute Gasteiger partial charge is 0.421 e. The lowest BCUT2D eigenvalue weighted by Gasteiger charge is -2.40. The summed E-state index contributed by atoms with van der Waals surface area (Å²) in [6, 6.07) is 14.5. The summed E-state index contributed by atoms with van der Waals surface area (Å²) in [6.07, 6.45) is -3.00. The lowest BCUT2D eigenvalue weighted by molar-refractivity contribution is -0.136. The van der Waals surface area contributed by atoms with Crippen LogP contribution in [-0.2, 0) is 35.5 Å². The standard InChI is InChI=1S/C34H39F4N9O3Si/c1-51(2,3)15-14-49-21-45-27-11-7-10-26(35)29(27)41-28(45)17-39-31-43-32(42-30-25(34(36,37)38)16-40-47(30)31)44-18-23-12-13-24(19-44)46(23)33(48)50-20-22-8-5-4-6-9-22/h4-11,16,23-24H,12-15,17-21H2,1-3H3,(H,39,42,43). The van der Waals surface area contributed by atoms with Gasteiger partial charge in [0.2, 0.25) is 11.9 Å². The van der Waals surface area contributed by atoms with Crippen LogP contribution < -0.4 is 10.2 Å². The average molecular weight is 726 g/mol. The first kappa shape index (κ1) is 34.7. The summed E-state index contributed by atoms with van der Waals surface area (Å²) in [7, 11) is -1.36. The molecule has 7 rings (SSSR count). The van der Waals surface area contributed by atoms with Crippen LogP contribution in [0.5, 0.6) is 0 Å². The Morgan fingerprint density at radius 1 is 1.00 bits per heavy atom. The summed E-state index contributed by atoms with van der Waals surface area (Å²) in [5.74, 6) is -0.0260. The number of para-hydroxylation sites is 1. The van der Waals surface area contributed by atoms with Crippen LogP contribution in [-0.4, -0.2) is 80.0 Å². The van der Waals surface area contributed by atoms with E-state index < -0.39 is 37.4 Å². The fraction of sp³-hybridized carbons (Fsp3) is 0.441. The van der Waals surface area contributed by atoms with Gasteiger partial charge in [-0.2, -0.15) is 32.8 Å². The number of ether oxygens (including phenoxy) is 2. The first-order valence-corrected chi connectivity index (χ1v) is 20.6. The van der Waals surface area contributed by atoms with Gasteiger partial charge in [0, 0.05) is 27.8 Å². The molecule has 5 aromatic rings. The SMILES string of the molecule is C[Si](C)(C)CCOCn1c(CNc2nc(N3CC4CCC(C3)N4C(=O)OCc3ccccc3)nc3c(C(F)(F)F)cnn23)nc2c(F)cccc21. The van der Waals surface area contributed by atoms with Crippen molar-refractivity contribution in [3.63, 3.8) is 0 Å². The molecule has 51 heavy (non-hydrogen) atoms. The van der Waals surface area contributed by atoms with E-state index in [0.717, 1.165) is 22.3 Å². The summed E-state index contributed by atoms with van der Waals surface area (Å²) < 4.78 is 71.6. The van der Waals surface area contributed by atoms with Gasteiger partial charge in [-0.1, -0.05) is 56.0 Å². The number of nitrogens with zero attached hydrogens (tertiary/aromatic N) is 8. The van der Waals surface area contributed by atoms with Crippen molar-refractivity contribution in [2.45, 2.75) is 76.7 Å². The number of nitrogens with one attached hydrogen (secondary N) is 1. The molecule has 3 aromatic heterocycles. The summed E-state index contributed by atoms with van der Waals surface area (Å²) in [5.41, 5.74) is 0.134. The van der Waals surface area contributed by atoms with E-state index >= 15 is 0 Å². The fourth-order valence-corrected chi connectivity index (χ4v) is 7.37. The number of halogens is 4. The minimum atomic E-state index is -4.72. The molecule has 1 amide bonds. The van der Waals surface area contributed by atoms with E-state index in [9.17, 15) is 22.4 Å². The molecule has 2 aromatic carbocycles. The number of amides is 1. The summed E-state index contributed by atoms with van der Waals surface area (Å²) >= 11 is 0. The largest absolute Gasteiger partial charge is 0.445 e. The summed E-state index contributed by atoms with van der Waals surface area (Å²) in [6.45, 7) is 8.12. The number of hydrogen-bond donors (Lipinski definition) is 1. The molecule has 2 atom stereocenters. The molecule has 2 aliphatic heterocycles. The van der Waals surface area contributed by atoms with Crippen molar-refractivity contribution in [3.05, 3.63) is 77.5 Å². The number of rotatable bonds is 11. The highest BCUT2D eigenvalue weighted by Crippen LogP contribution is 2.36. The van der Waals surface area contributed by atoms with Gasteiger partial charge in [0.05, 0.1) is 30.3 Å². The number of hydrogen-bond acceptors (Lipinski definition) is 9. The monoisotopic (exact) mass is 725 g/mol. The number of fused-ring (bicyclic) bond motifs is 4. The Hall–Kier alpha value is -4.77. The number of carbonyl (C=O) groups is 1. The molecule has 5 heterocycles. The van der Waals surface area contributed by atoms with Crippen molar-refractivity contribution < 1.29 is 31.8 Å². The molecule has 17 heteroatoms. The number of aromatic nitrogens is 6. The second-order valence-corrected chi connectivity index (χ2v) is 19.8. The van der Waals surface area contributed by atoms with Gasteiger partial charge < -0.3 is 24.3 Å². The topological polar surface area (TPSA) is 115 Å². The Balaban J connectivity index is 1.14. The summed E-state index contributed by atoms with van der Waals surface area (Å²) in [4.78, 5) is 30.2. The molecule has 0 aliphatic carbocycles. The third-order valence-corrected chi connectivity index (χ3v) is 11.0. The van der Waals surface area contributed by atoms with Crippen molar-refractivity contribution in [1.29, 1.82) is 0 Å². The Kier molecular flexibility index (Phi) is 9.34. The molecule has 12 nitrogen and oxygen atoms in total. The number of benzene rings is 2. The number of anilines is 2. The molecule has 2 bridgehead atoms. The van der Waals surface area contributed by atoms with Gasteiger partial charge in [-0.15, -0.1) is 0 Å². The van der Waals surface area contributed by atoms with Gasteiger partial charge >= 0.3 is 12.3 Å². The normalized spacial score (nSPS) is 17.9. The molecular formula is C34H39F4N9O3Si. The molecular weight excluding hydrogens is 687 g/mol. The average Bonchev–Trinajstić information content (AvgIpc) is 3.76. The van der Waals surface area contributed by atoms with Gasteiger partial charge in [0.25, 0.3) is 0 Å². The molecule has 0 saturated carbocycles. The Labute approximate surface area is 292 Å². The summed E-state index contributed by atoms with van der Waals surface area (Å²) in [5, 5.41) is 7.08. The maximum atomic E-state index is 14.8. The zero-order valence-corrected chi connectivity index (χ0v) is 29.5. The lowest BCUT2D eigenvalue weighted by Crippen LogP contribution is -2.56. The fourth-order valence-electron chi connectivity index (χ4n) is 6.61. The predicted octanol–water partition coefficient (Wildman–Crippen LogP) is 6.55. The first-order chi connectivity index (χ1) is 24.4. The maximum absolute atomic E-state index is 14.8. The van der Waals surface area contributed by atoms with Crippen molar-refractivity contribution in [2.24, 2.45) is 0 Å². The van der Waals surface area contributed by atoms with Crippen LogP contribution >= 0.6 is 0 Å². The second-order valence-electron chi connectivity index (χ2n) is 14.1. The zero-order chi connectivity index (χ0) is 35.9. The molecule has 2 saturated heterocycles. The third-order valence-electron chi connectivity index (χ3n) is 9.27. The van der Waals surface area contributed by atoms with E-state index in [1.54, 1.807) is 26.5 Å². The Morgan fingerprint density at radius 2 is 1.75 bits per heavy atom. The van der Waals surface area contributed by atoms with Crippen LogP contribution in [0.25, 0.3) is 16.7 Å². The van der Waals surface area contributed by atoms with Crippen molar-refractivity contribution in [2.75, 3.05) is 29.9 Å². The molecule has 2 unspecified atom stereocenters. The molecule has 270 valence electrons. The van der Waals surface area contributed by atoms with Crippen molar-refractivity contribution in [3.8, 4) is 0 Å². The zero-order valence-electron chi connectivity index (χ0n) is 28.5. The molecule has 2 fully saturated rings. The molecule has 0 spiro atoms. The van der Waals surface area contributed by atoms with Gasteiger partial charge in [0.1, 0.15) is 30.2 Å². The highest BCUT2D eigenvalue weighted by Gasteiger charge is 2.45. The number of carbonyl (C=O) groups excluding carboxylic acids is 1. The number of piperazine rings is 1. The van der Waals surface area contributed by atoms with Gasteiger partial charge in [-0.05, 0) is 36.6 Å². The first-order valence-electron chi connectivity index (χ1n) is 16.9. The minimum absolute atomic E-state index is 0.00118. The van der Waals surface area contributed by atoms with Crippen LogP contribution in [0.2, 0.25) is 25.7 Å². The van der Waals surface area contributed by atoms with Crippen LogP contribution in [0.1, 0.15) is 29.8 Å². The maximum Gasteiger partial charge on any atom is 0.421 e. The molecule has 1 N–H and O–H groups in total. The van der Waals surface area contributed by atoms with Gasteiger partial charge in [0.15, 0.2) is 11.5 Å². The highest BCUT2D eigenvalue weighted by atomic mass is 28.3. The second kappa shape index (κ2) is 13.7. The van der Waals surface area contributed by atoms with Crippen LogP contribution in [0.3, 0.4) is 0 Å². The van der Waals surface area contributed by atoms with E-state index in [1.165, 1.54) is 6.07 Å². The van der Waals surface area contributed by atoms with E-state index in [-0.39, 0.29) is 49.4 Å². The predicted molar refractivity (Wildman–Crippen MR) is 184 cm³/mol. The van der Waals surface area contributed by atoms with E-state index in [1.807, 2.05) is 30.3 Å². The van der Waals surface area contributed by atoms with Crippen LogP contribution in [0.15, 0.2) is 54.7 Å². The van der Waals surface area contributed by atoms with E-state index in [2.05, 4.69) is 45.0 Å². The van der Waals surface area contributed by atoms with Crippen LogP contribution in [0.4, 0.5) is 34.3 Å². The highest BCUT2D eigenvalue weighted by molar-refractivity contribution is 6.76. The number of imidazole rings is 1. The Morgan fingerprint density at radius 3 is 2.45 bits per heavy atom. The van der Waals surface area contributed by atoms with Crippen molar-refractivity contribution in [1.82, 2.24) is 34.0 Å². The Bertz CT molecular complexity index is 2020. The molecule has 2 aliphatic rings. The van der Waals surface area contributed by atoms with Gasteiger partial charge in [-0.25, -0.2) is 14.2 Å². The molecule has 0 radical (unpaired) electrons. The van der Waals surface area contributed by atoms with Crippen molar-refractivity contribution >= 4 is 42.7 Å². The number of alkyl halides is 3. The van der Waals surface area contributed by atoms with Crippen LogP contribution in [0, 0.1) is 5.82 Å². The minimum Gasteiger partial charge on any atom is -0.445 e. The lowest BCUT2D eigenvalue weighted by atomic mass is 10.2. The van der Waals surface area contributed by atoms with E-state index in [0.29, 0.717) is 43.9 Å². The van der Waals surface area contributed by atoms with E-state index in [4.69, 9.17) is 9.47 Å². The quantitative estimate of drug-likeness (QED) is 0.0921.